The fourth-order valence-electron chi connectivity index (χ4n) is 0. The predicted molar refractivity (Wildman–Crippen MR) is 15.2 cm³/mol. The van der Waals surface area contributed by atoms with Crippen LogP contribution < -0.4 is 0 Å². The van der Waals surface area contributed by atoms with Crippen LogP contribution in [-0.4, -0.2) is 40.1 Å². The molecule has 54 valence electrons. The summed E-state index contributed by atoms with van der Waals surface area (Å²) in [6.45, 7) is 0. The normalized spacial score (nSPS) is 3.33. The van der Waals surface area contributed by atoms with E-state index < -0.39 is 29.6 Å². The summed E-state index contributed by atoms with van der Waals surface area (Å²) in [5.41, 5.74) is 0. The van der Waals surface area contributed by atoms with E-state index in [1.54, 1.807) is 0 Å². The fraction of sp³-hybridized carbons (Fsp3) is 0. The molecule has 0 unspecified atom stereocenters. The first-order valence-electron chi connectivity index (χ1n) is 0.817. The van der Waals surface area contributed by atoms with Gasteiger partial charge in [-0.05, 0) is 0 Å². The van der Waals surface area contributed by atoms with Crippen LogP contribution in [0, 0.1) is 0 Å². The Labute approximate surface area is 84.4 Å². The zero-order valence-electron chi connectivity index (χ0n) is 3.28. The van der Waals surface area contributed by atoms with Crippen LogP contribution in [0.2, 0.25) is 0 Å². The van der Waals surface area contributed by atoms with Crippen LogP contribution in [0.5, 0.6) is 0 Å². The summed E-state index contributed by atoms with van der Waals surface area (Å²) in [6, 6.07) is 0. The van der Waals surface area contributed by atoms with Gasteiger partial charge in [-0.15, -0.1) is 0 Å². The van der Waals surface area contributed by atoms with Crippen LogP contribution in [0.3, 0.4) is 0 Å². The Bertz CT molecular complexity index is 65.1. The molecule has 0 rings (SSSR count). The van der Waals surface area contributed by atoms with Gasteiger partial charge in [0.2, 0.25) is 0 Å². The molecule has 9 heavy (non-hydrogen) atoms. The molecular weight excluding hydrogens is 229 g/mol. The van der Waals surface area contributed by atoms with Crippen LogP contribution in [-0.2, 0) is 45.0 Å². The van der Waals surface area contributed by atoms with Gasteiger partial charge in [-0.1, -0.05) is 0 Å². The maximum absolute atomic E-state index is 8.41. The van der Waals surface area contributed by atoms with Crippen molar-refractivity contribution in [3.8, 4) is 0 Å². The first-order chi connectivity index (χ1) is 3.83. The van der Waals surface area contributed by atoms with Crippen LogP contribution in [0.4, 0.5) is 0 Å². The molecule has 0 spiro atoms. The predicted octanol–water partition coefficient (Wildman–Crippen LogP) is -1.11. The third kappa shape index (κ3) is 349. The van der Waals surface area contributed by atoms with E-state index >= 15 is 0 Å². The first-order valence-corrected chi connectivity index (χ1v) is 2.74. The van der Waals surface area contributed by atoms with Gasteiger partial charge >= 0.3 is 74.5 Å². The molecule has 0 aliphatic carbocycles. The van der Waals surface area contributed by atoms with Crippen LogP contribution >= 0.6 is 0 Å². The first kappa shape index (κ1) is 22.5. The molecule has 0 aromatic heterocycles. The van der Waals surface area contributed by atoms with Gasteiger partial charge in [-0.3, -0.25) is 10.5 Å². The van der Waals surface area contributed by atoms with Gasteiger partial charge in [-0.25, -0.2) is 0 Å². The van der Waals surface area contributed by atoms with Crippen molar-refractivity contribution < 1.29 is 55.5 Å². The van der Waals surface area contributed by atoms with Gasteiger partial charge in [-0.2, -0.15) is 0 Å². The molecule has 2 N–H and O–H groups in total. The molecule has 0 saturated heterocycles. The molecule has 0 fully saturated rings. The van der Waals surface area contributed by atoms with E-state index in [1.807, 2.05) is 0 Å². The Hall–Kier alpha value is 1.16. The Morgan fingerprint density at radius 1 is 0.778 bits per heavy atom. The van der Waals surface area contributed by atoms with Crippen LogP contribution in [0.25, 0.3) is 0 Å². The molecule has 0 atom stereocenters. The van der Waals surface area contributed by atoms with Crippen molar-refractivity contribution in [2.45, 2.75) is 0 Å². The van der Waals surface area contributed by atoms with E-state index in [2.05, 4.69) is 0 Å². The van der Waals surface area contributed by atoms with Gasteiger partial charge in [0.1, 0.15) is 0 Å². The summed E-state index contributed by atoms with van der Waals surface area (Å²) in [7, 11) is 0. The van der Waals surface area contributed by atoms with E-state index in [0.717, 1.165) is 0 Å². The molecule has 0 aromatic rings. The van der Waals surface area contributed by atoms with Crippen LogP contribution in [0.1, 0.15) is 0 Å². The summed E-state index contributed by atoms with van der Waals surface area (Å²) in [6.07, 6.45) is 0. The van der Waals surface area contributed by atoms with Crippen molar-refractivity contribution in [3.05, 3.63) is 0 Å². The summed E-state index contributed by atoms with van der Waals surface area (Å²) in [5.74, 6) is 0. The summed E-state index contributed by atoms with van der Waals surface area (Å²) >= 11 is -2.88. The van der Waals surface area contributed by atoms with Crippen molar-refractivity contribution in [3.63, 3.8) is 0 Å². The second kappa shape index (κ2) is 61.1. The van der Waals surface area contributed by atoms with Gasteiger partial charge in [0.25, 0.3) is 0 Å². The third-order valence-electron chi connectivity index (χ3n) is 0. The Morgan fingerprint density at radius 2 is 0.778 bits per heavy atom. The molecule has 0 heterocycles. The quantitative estimate of drug-likeness (QED) is 0.311. The van der Waals surface area contributed by atoms with E-state index in [0.29, 0.717) is 0 Å². The molecule has 0 aromatic carbocycles. The second-order valence-electron chi connectivity index (χ2n) is 0.126. The van der Waals surface area contributed by atoms with E-state index in [9.17, 15) is 0 Å². The molecule has 0 aliphatic rings. The van der Waals surface area contributed by atoms with Crippen LogP contribution in [0.15, 0.2) is 0 Å². The standard InChI is InChI=1S/2Mn.Na.H2O2.4O.H/c;;;1-2;;;;;/h;;;1-2H;;;;;. The topological polar surface area (TPSA) is 109 Å². The molecule has 0 aliphatic heterocycles. The summed E-state index contributed by atoms with van der Waals surface area (Å²) in [4.78, 5) is 0. The molecule has 0 bridgehead atoms. The minimum atomic E-state index is -1.44. The van der Waals surface area contributed by atoms with Gasteiger partial charge < -0.3 is 0 Å². The minimum absolute atomic E-state index is 0. The van der Waals surface area contributed by atoms with Crippen molar-refractivity contribution in [1.29, 1.82) is 0 Å². The molecule has 0 saturated carbocycles. The van der Waals surface area contributed by atoms with Gasteiger partial charge in [0.15, 0.2) is 0 Å². The molecule has 0 amide bonds. The number of hydrogen-bond donors (Lipinski definition) is 2. The summed E-state index contributed by atoms with van der Waals surface area (Å²) in [5, 5.41) is 12.0. The molecule has 0 radical (unpaired) electrons. The number of rotatable bonds is 0. The third-order valence-corrected chi connectivity index (χ3v) is 0. The molecule has 6 nitrogen and oxygen atoms in total. The van der Waals surface area contributed by atoms with Crippen molar-refractivity contribution in [1.82, 2.24) is 0 Å². The second-order valence-corrected chi connectivity index (χ2v) is 0.519. The maximum atomic E-state index is 8.41. The van der Waals surface area contributed by atoms with E-state index in [-0.39, 0.29) is 29.6 Å². The fourth-order valence-corrected chi connectivity index (χ4v) is 0. The zero-order chi connectivity index (χ0) is 7.41. The van der Waals surface area contributed by atoms with Crippen molar-refractivity contribution in [2.24, 2.45) is 0 Å². The SMILES string of the molecule is OO.[NaH].[O]=[Mn]=[O].[O]=[Mn]=[O]. The van der Waals surface area contributed by atoms with Crippen molar-refractivity contribution in [2.75, 3.05) is 0 Å². The van der Waals surface area contributed by atoms with E-state index in [1.165, 1.54) is 0 Å². The number of hydrogen-bond acceptors (Lipinski definition) is 6. The van der Waals surface area contributed by atoms with E-state index in [4.69, 9.17) is 25.9 Å². The summed E-state index contributed by atoms with van der Waals surface area (Å²) < 4.78 is 33.6. The molecule has 9 heteroatoms. The monoisotopic (exact) mass is 232 g/mol. The zero-order valence-corrected chi connectivity index (χ0v) is 5.64. The van der Waals surface area contributed by atoms with Gasteiger partial charge in [0.05, 0.1) is 0 Å². The Morgan fingerprint density at radius 3 is 0.778 bits per heavy atom. The Balaban J connectivity index is -0.0000000202. The Kier molecular flexibility index (Phi) is 153. The van der Waals surface area contributed by atoms with Crippen molar-refractivity contribution >= 4 is 29.6 Å². The average molecular weight is 232 g/mol. The van der Waals surface area contributed by atoms with Gasteiger partial charge in [0, 0.05) is 0 Å². The average Bonchev–Trinajstić information content (AvgIpc) is 1.75. The molecular formula is H3Mn2NaO6.